The molecule has 2 aliphatic carbocycles. The lowest BCUT2D eigenvalue weighted by Gasteiger charge is -2.48. The van der Waals surface area contributed by atoms with E-state index in [0.29, 0.717) is 11.8 Å². The second kappa shape index (κ2) is 4.93. The fraction of sp³-hybridized carbons (Fsp3) is 0.929. The minimum atomic E-state index is -0.984. The molecule has 2 rings (SSSR count). The largest absolute Gasteiger partial charge is 0.616 e. The van der Waals surface area contributed by atoms with Crippen LogP contribution in [0.5, 0.6) is 0 Å². The van der Waals surface area contributed by atoms with Gasteiger partial charge in [0.05, 0.1) is 6.26 Å². The molecular weight excluding hydrogens is 232 g/mol. The van der Waals surface area contributed by atoms with Gasteiger partial charge in [-0.05, 0) is 61.0 Å². The SMILES string of the molecule is CC1CC2CC(C)CC(C(=O)C[S+](C)[O-])(C1)C2. The molecule has 0 aromatic heterocycles. The average molecular weight is 256 g/mol. The number of carbonyl (C=O) groups is 1. The minimum Gasteiger partial charge on any atom is -0.616 e. The summed E-state index contributed by atoms with van der Waals surface area (Å²) < 4.78 is 11.3. The lowest BCUT2D eigenvalue weighted by Crippen LogP contribution is -2.46. The molecule has 98 valence electrons. The van der Waals surface area contributed by atoms with E-state index in [4.69, 9.17) is 0 Å². The number of hydrogen-bond acceptors (Lipinski definition) is 2. The van der Waals surface area contributed by atoms with Gasteiger partial charge < -0.3 is 4.55 Å². The van der Waals surface area contributed by atoms with E-state index in [1.54, 1.807) is 6.26 Å². The van der Waals surface area contributed by atoms with Crippen molar-refractivity contribution in [2.75, 3.05) is 12.0 Å². The molecule has 2 bridgehead atoms. The van der Waals surface area contributed by atoms with E-state index in [1.807, 2.05) is 0 Å². The molecule has 0 saturated heterocycles. The van der Waals surface area contributed by atoms with Gasteiger partial charge in [0.1, 0.15) is 0 Å². The zero-order valence-electron chi connectivity index (χ0n) is 11.2. The lowest BCUT2D eigenvalue weighted by molar-refractivity contribution is -0.134. The van der Waals surface area contributed by atoms with Gasteiger partial charge in [-0.2, -0.15) is 0 Å². The highest BCUT2D eigenvalue weighted by Gasteiger charge is 2.49. The van der Waals surface area contributed by atoms with Crippen LogP contribution in [0, 0.1) is 23.2 Å². The molecule has 0 spiro atoms. The Morgan fingerprint density at radius 2 is 1.76 bits per heavy atom. The molecule has 2 nitrogen and oxygen atoms in total. The van der Waals surface area contributed by atoms with Crippen LogP contribution >= 0.6 is 0 Å². The van der Waals surface area contributed by atoms with Crippen molar-refractivity contribution in [1.29, 1.82) is 0 Å². The van der Waals surface area contributed by atoms with E-state index in [2.05, 4.69) is 13.8 Å². The van der Waals surface area contributed by atoms with Crippen LogP contribution in [-0.2, 0) is 16.0 Å². The van der Waals surface area contributed by atoms with Gasteiger partial charge in [0, 0.05) is 5.41 Å². The van der Waals surface area contributed by atoms with Crippen molar-refractivity contribution in [1.82, 2.24) is 0 Å². The normalized spacial score (nSPS) is 43.2. The fourth-order valence-corrected chi connectivity index (χ4v) is 5.06. The van der Waals surface area contributed by atoms with Crippen molar-refractivity contribution in [3.05, 3.63) is 0 Å². The predicted octanol–water partition coefficient (Wildman–Crippen LogP) is 2.79. The fourth-order valence-electron chi connectivity index (χ4n) is 4.38. The van der Waals surface area contributed by atoms with Crippen molar-refractivity contribution in [2.45, 2.75) is 46.0 Å². The van der Waals surface area contributed by atoms with Crippen LogP contribution in [0.3, 0.4) is 0 Å². The maximum Gasteiger partial charge on any atom is 0.187 e. The summed E-state index contributed by atoms with van der Waals surface area (Å²) >= 11 is -0.984. The molecule has 0 heterocycles. The Morgan fingerprint density at radius 3 is 2.24 bits per heavy atom. The molecule has 3 heteroatoms. The third kappa shape index (κ3) is 2.87. The summed E-state index contributed by atoms with van der Waals surface area (Å²) in [5.41, 5.74) is -0.119. The number of ketones is 1. The monoisotopic (exact) mass is 256 g/mol. The molecule has 0 aromatic carbocycles. The number of carbonyl (C=O) groups excluding carboxylic acids is 1. The Balaban J connectivity index is 2.16. The third-order valence-electron chi connectivity index (χ3n) is 4.56. The van der Waals surface area contributed by atoms with E-state index >= 15 is 0 Å². The summed E-state index contributed by atoms with van der Waals surface area (Å²) in [6.45, 7) is 4.54. The number of hydrogen-bond donors (Lipinski definition) is 0. The zero-order valence-corrected chi connectivity index (χ0v) is 12.0. The highest BCUT2D eigenvalue weighted by Crippen LogP contribution is 2.53. The van der Waals surface area contributed by atoms with Gasteiger partial charge in [0.15, 0.2) is 11.5 Å². The molecule has 3 unspecified atom stereocenters. The zero-order chi connectivity index (χ0) is 12.6. The van der Waals surface area contributed by atoms with Crippen molar-refractivity contribution in [3.63, 3.8) is 0 Å². The molecule has 0 N–H and O–H groups in total. The summed E-state index contributed by atoms with van der Waals surface area (Å²) in [5, 5.41) is 0. The molecule has 2 saturated carbocycles. The Morgan fingerprint density at radius 1 is 1.24 bits per heavy atom. The number of rotatable bonds is 3. The van der Waals surface area contributed by atoms with Crippen LogP contribution < -0.4 is 0 Å². The molecule has 3 atom stereocenters. The van der Waals surface area contributed by atoms with Crippen molar-refractivity contribution < 1.29 is 9.35 Å². The third-order valence-corrected chi connectivity index (χ3v) is 5.22. The van der Waals surface area contributed by atoms with Crippen LogP contribution in [0.15, 0.2) is 0 Å². The molecule has 0 aromatic rings. The van der Waals surface area contributed by atoms with Gasteiger partial charge >= 0.3 is 0 Å². The molecule has 17 heavy (non-hydrogen) atoms. The summed E-state index contributed by atoms with van der Waals surface area (Å²) in [6, 6.07) is 0. The topological polar surface area (TPSA) is 40.1 Å². The first-order chi connectivity index (χ1) is 7.91. The van der Waals surface area contributed by atoms with Gasteiger partial charge in [0.2, 0.25) is 0 Å². The number of Topliss-reactive ketones (excluding diaryl/α,β-unsaturated/α-hetero) is 1. The Hall–Kier alpha value is -0.0200. The maximum absolute atomic E-state index is 12.4. The van der Waals surface area contributed by atoms with Crippen LogP contribution in [0.1, 0.15) is 46.0 Å². The van der Waals surface area contributed by atoms with E-state index in [-0.39, 0.29) is 17.0 Å². The first kappa shape index (κ1) is 13.4. The van der Waals surface area contributed by atoms with Crippen LogP contribution in [0.2, 0.25) is 0 Å². The van der Waals surface area contributed by atoms with Crippen LogP contribution in [0.4, 0.5) is 0 Å². The molecular formula is C14H24O2S. The van der Waals surface area contributed by atoms with Crippen molar-refractivity contribution in [2.24, 2.45) is 23.2 Å². The minimum absolute atomic E-state index is 0.119. The summed E-state index contributed by atoms with van der Waals surface area (Å²) in [6.07, 6.45) is 7.35. The Bertz CT molecular complexity index is 281. The van der Waals surface area contributed by atoms with Crippen LogP contribution in [0.25, 0.3) is 0 Å². The first-order valence-electron chi connectivity index (χ1n) is 6.74. The summed E-state index contributed by atoms with van der Waals surface area (Å²) in [4.78, 5) is 12.4. The van der Waals surface area contributed by atoms with E-state index in [9.17, 15) is 9.35 Å². The second-order valence-electron chi connectivity index (χ2n) is 6.58. The quantitative estimate of drug-likeness (QED) is 0.728. The highest BCUT2D eigenvalue weighted by atomic mass is 32.2. The Kier molecular flexibility index (Phi) is 3.89. The van der Waals surface area contributed by atoms with Crippen LogP contribution in [-0.4, -0.2) is 22.3 Å². The molecule has 0 radical (unpaired) electrons. The molecule has 2 aliphatic rings. The van der Waals surface area contributed by atoms with Gasteiger partial charge in [-0.15, -0.1) is 0 Å². The summed E-state index contributed by atoms with van der Waals surface area (Å²) in [5.74, 6) is 2.61. The van der Waals surface area contributed by atoms with Gasteiger partial charge in [-0.25, -0.2) is 0 Å². The average Bonchev–Trinajstić information content (AvgIpc) is 2.13. The summed E-state index contributed by atoms with van der Waals surface area (Å²) in [7, 11) is 0. The van der Waals surface area contributed by atoms with Gasteiger partial charge in [-0.3, -0.25) is 4.79 Å². The molecule has 2 fully saturated rings. The van der Waals surface area contributed by atoms with Crippen molar-refractivity contribution in [3.8, 4) is 0 Å². The van der Waals surface area contributed by atoms with E-state index < -0.39 is 11.2 Å². The maximum atomic E-state index is 12.4. The second-order valence-corrected chi connectivity index (χ2v) is 8.02. The van der Waals surface area contributed by atoms with Gasteiger partial charge in [-0.1, -0.05) is 13.8 Å². The first-order valence-corrected chi connectivity index (χ1v) is 8.47. The van der Waals surface area contributed by atoms with E-state index in [0.717, 1.165) is 25.2 Å². The Labute approximate surface area is 108 Å². The lowest BCUT2D eigenvalue weighted by atomic mass is 9.55. The van der Waals surface area contributed by atoms with Gasteiger partial charge in [0.25, 0.3) is 0 Å². The predicted molar refractivity (Wildman–Crippen MR) is 71.3 cm³/mol. The number of fused-ring (bicyclic) bond motifs is 2. The van der Waals surface area contributed by atoms with Crippen molar-refractivity contribution >= 4 is 17.0 Å². The molecule has 0 amide bonds. The smallest absolute Gasteiger partial charge is 0.187 e. The standard InChI is InChI=1S/C14H24O2S/c1-10-4-12-5-11(2)7-14(6-10,8-12)13(15)9-17(3)16/h10-12H,4-9H2,1-3H3. The molecule has 0 aliphatic heterocycles. The van der Waals surface area contributed by atoms with E-state index in [1.165, 1.54) is 12.8 Å². The highest BCUT2D eigenvalue weighted by molar-refractivity contribution is 7.91.